The summed E-state index contributed by atoms with van der Waals surface area (Å²) in [5.74, 6) is -0.687. The van der Waals surface area contributed by atoms with Crippen LogP contribution in [0.3, 0.4) is 0 Å². The molecule has 0 aliphatic carbocycles. The van der Waals surface area contributed by atoms with Crippen LogP contribution in [0.5, 0.6) is 11.6 Å². The zero-order chi connectivity index (χ0) is 17.1. The van der Waals surface area contributed by atoms with Crippen molar-refractivity contribution in [2.75, 3.05) is 6.61 Å². The second-order valence-electron chi connectivity index (χ2n) is 4.97. The maximum absolute atomic E-state index is 13.3. The second kappa shape index (κ2) is 6.49. The summed E-state index contributed by atoms with van der Waals surface area (Å²) in [7, 11) is 0. The predicted molar refractivity (Wildman–Crippen MR) is 86.4 cm³/mol. The van der Waals surface area contributed by atoms with Gasteiger partial charge in [-0.05, 0) is 49.4 Å². The van der Waals surface area contributed by atoms with E-state index in [1.165, 1.54) is 18.2 Å². The van der Waals surface area contributed by atoms with Gasteiger partial charge >= 0.3 is 0 Å². The molecule has 1 heterocycles. The van der Waals surface area contributed by atoms with Crippen molar-refractivity contribution in [2.45, 2.75) is 6.92 Å². The molecular formula is C17H14FN3O3. The quantitative estimate of drug-likeness (QED) is 0.699. The molecule has 0 saturated heterocycles. The van der Waals surface area contributed by atoms with Crippen LogP contribution in [0.1, 0.15) is 17.3 Å². The Labute approximate surface area is 136 Å². The summed E-state index contributed by atoms with van der Waals surface area (Å²) in [6.45, 7) is 2.40. The van der Waals surface area contributed by atoms with Gasteiger partial charge in [0.2, 0.25) is 5.88 Å². The number of hydrogen-bond donors (Lipinski definition) is 2. The third kappa shape index (κ3) is 3.10. The van der Waals surface area contributed by atoms with E-state index in [0.29, 0.717) is 28.8 Å². The SMILES string of the molecule is CCOc1ccc(C(=O)N=Nc2c(O)[nH]c3ccc(F)cc23)cc1. The Morgan fingerprint density at radius 2 is 2.00 bits per heavy atom. The molecule has 3 aromatic rings. The number of aromatic nitrogens is 1. The summed E-state index contributed by atoms with van der Waals surface area (Å²) in [6.07, 6.45) is 0. The summed E-state index contributed by atoms with van der Waals surface area (Å²) in [5.41, 5.74) is 0.841. The van der Waals surface area contributed by atoms with Crippen molar-refractivity contribution in [3.63, 3.8) is 0 Å². The fraction of sp³-hybridized carbons (Fsp3) is 0.118. The molecule has 1 aromatic heterocycles. The summed E-state index contributed by atoms with van der Waals surface area (Å²) in [5, 5.41) is 17.6. The second-order valence-corrected chi connectivity index (χ2v) is 4.97. The molecule has 0 aliphatic heterocycles. The fourth-order valence-electron chi connectivity index (χ4n) is 2.25. The Morgan fingerprint density at radius 3 is 2.71 bits per heavy atom. The molecule has 0 saturated carbocycles. The highest BCUT2D eigenvalue weighted by molar-refractivity contribution is 5.97. The van der Waals surface area contributed by atoms with Gasteiger partial charge in [0, 0.05) is 10.9 Å². The number of aromatic amines is 1. The van der Waals surface area contributed by atoms with Gasteiger partial charge in [-0.3, -0.25) is 4.79 Å². The standard InChI is InChI=1S/C17H14FN3O3/c1-2-24-12-6-3-10(4-7-12)16(22)21-20-15-13-9-11(18)5-8-14(13)19-17(15)23/h3-9,19,23H,2H2,1H3. The Kier molecular flexibility index (Phi) is 4.24. The fourth-order valence-corrected chi connectivity index (χ4v) is 2.25. The molecule has 0 bridgehead atoms. The average molecular weight is 327 g/mol. The van der Waals surface area contributed by atoms with Crippen LogP contribution in [0.25, 0.3) is 10.9 Å². The van der Waals surface area contributed by atoms with Crippen LogP contribution in [0.4, 0.5) is 10.1 Å². The zero-order valence-electron chi connectivity index (χ0n) is 12.8. The molecule has 1 amide bonds. The van der Waals surface area contributed by atoms with Gasteiger partial charge in [-0.1, -0.05) is 0 Å². The number of rotatable bonds is 4. The van der Waals surface area contributed by atoms with Crippen LogP contribution in [0.2, 0.25) is 0 Å². The van der Waals surface area contributed by atoms with Gasteiger partial charge in [0.15, 0.2) is 5.69 Å². The number of H-pyrrole nitrogens is 1. The molecule has 0 radical (unpaired) electrons. The van der Waals surface area contributed by atoms with Crippen LogP contribution in [0.15, 0.2) is 52.7 Å². The Balaban J connectivity index is 1.86. The Bertz CT molecular complexity index is 917. The van der Waals surface area contributed by atoms with Crippen molar-refractivity contribution >= 4 is 22.5 Å². The highest BCUT2D eigenvalue weighted by Gasteiger charge is 2.12. The molecule has 7 heteroatoms. The van der Waals surface area contributed by atoms with Crippen LogP contribution >= 0.6 is 0 Å². The van der Waals surface area contributed by atoms with Crippen molar-refractivity contribution in [1.29, 1.82) is 0 Å². The lowest BCUT2D eigenvalue weighted by atomic mass is 10.2. The molecule has 0 fully saturated rings. The molecule has 2 aromatic carbocycles. The molecular weight excluding hydrogens is 313 g/mol. The smallest absolute Gasteiger partial charge is 0.295 e. The molecule has 2 N–H and O–H groups in total. The zero-order valence-corrected chi connectivity index (χ0v) is 12.8. The Hall–Kier alpha value is -3.22. The van der Waals surface area contributed by atoms with E-state index >= 15 is 0 Å². The first-order valence-corrected chi connectivity index (χ1v) is 7.27. The minimum Gasteiger partial charge on any atom is -0.494 e. The topological polar surface area (TPSA) is 87.0 Å². The van der Waals surface area contributed by atoms with Crippen molar-refractivity contribution in [1.82, 2.24) is 4.98 Å². The molecule has 0 atom stereocenters. The van der Waals surface area contributed by atoms with E-state index in [2.05, 4.69) is 15.2 Å². The van der Waals surface area contributed by atoms with Gasteiger partial charge in [0.1, 0.15) is 11.6 Å². The maximum atomic E-state index is 13.3. The highest BCUT2D eigenvalue weighted by atomic mass is 19.1. The van der Waals surface area contributed by atoms with E-state index in [-0.39, 0.29) is 11.6 Å². The number of aromatic hydroxyl groups is 1. The molecule has 0 spiro atoms. The first-order valence-electron chi connectivity index (χ1n) is 7.27. The number of carbonyl (C=O) groups excluding carboxylic acids is 1. The molecule has 122 valence electrons. The third-order valence-corrected chi connectivity index (χ3v) is 3.37. The first-order chi connectivity index (χ1) is 11.6. The minimum atomic E-state index is -0.580. The number of azo groups is 1. The van der Waals surface area contributed by atoms with Crippen LogP contribution < -0.4 is 4.74 Å². The number of ether oxygens (including phenoxy) is 1. The number of benzene rings is 2. The number of nitrogens with one attached hydrogen (secondary N) is 1. The van der Waals surface area contributed by atoms with Crippen LogP contribution in [-0.2, 0) is 0 Å². The number of nitrogens with zero attached hydrogens (tertiary/aromatic N) is 2. The molecule has 0 unspecified atom stereocenters. The van der Waals surface area contributed by atoms with Crippen molar-refractivity contribution in [3.8, 4) is 11.6 Å². The van der Waals surface area contributed by atoms with Crippen molar-refractivity contribution < 1.29 is 19.0 Å². The number of hydrogen-bond acceptors (Lipinski definition) is 4. The van der Waals surface area contributed by atoms with Crippen molar-refractivity contribution in [2.24, 2.45) is 10.2 Å². The van der Waals surface area contributed by atoms with Gasteiger partial charge < -0.3 is 14.8 Å². The largest absolute Gasteiger partial charge is 0.494 e. The lowest BCUT2D eigenvalue weighted by molar-refractivity contribution is 0.0995. The van der Waals surface area contributed by atoms with Gasteiger partial charge in [0.25, 0.3) is 5.91 Å². The van der Waals surface area contributed by atoms with Crippen LogP contribution in [0, 0.1) is 5.82 Å². The van der Waals surface area contributed by atoms with E-state index in [0.717, 1.165) is 0 Å². The van der Waals surface area contributed by atoms with Crippen LogP contribution in [-0.4, -0.2) is 22.6 Å². The lowest BCUT2D eigenvalue weighted by Crippen LogP contribution is -1.95. The average Bonchev–Trinajstić information content (AvgIpc) is 2.88. The predicted octanol–water partition coefficient (Wildman–Crippen LogP) is 4.34. The van der Waals surface area contributed by atoms with Gasteiger partial charge in [-0.2, -0.15) is 0 Å². The number of halogens is 1. The summed E-state index contributed by atoms with van der Waals surface area (Å²) >= 11 is 0. The van der Waals surface area contributed by atoms with Gasteiger partial charge in [-0.25, -0.2) is 4.39 Å². The normalized spacial score (nSPS) is 11.2. The van der Waals surface area contributed by atoms with E-state index < -0.39 is 11.7 Å². The number of amides is 1. The van der Waals surface area contributed by atoms with Gasteiger partial charge in [-0.15, -0.1) is 10.2 Å². The van der Waals surface area contributed by atoms with E-state index in [1.54, 1.807) is 24.3 Å². The first kappa shape index (κ1) is 15.7. The maximum Gasteiger partial charge on any atom is 0.295 e. The molecule has 3 rings (SSSR count). The monoisotopic (exact) mass is 327 g/mol. The summed E-state index contributed by atoms with van der Waals surface area (Å²) in [4.78, 5) is 14.7. The van der Waals surface area contributed by atoms with E-state index in [9.17, 15) is 14.3 Å². The van der Waals surface area contributed by atoms with E-state index in [4.69, 9.17) is 4.74 Å². The highest BCUT2D eigenvalue weighted by Crippen LogP contribution is 2.35. The molecule has 6 nitrogen and oxygen atoms in total. The number of fused-ring (bicyclic) bond motifs is 1. The summed E-state index contributed by atoms with van der Waals surface area (Å²) < 4.78 is 18.6. The molecule has 24 heavy (non-hydrogen) atoms. The van der Waals surface area contributed by atoms with Gasteiger partial charge in [0.05, 0.1) is 12.1 Å². The number of carbonyl (C=O) groups is 1. The third-order valence-electron chi connectivity index (χ3n) is 3.37. The molecule has 0 aliphatic rings. The minimum absolute atomic E-state index is 0.0174. The van der Waals surface area contributed by atoms with Crippen molar-refractivity contribution in [3.05, 3.63) is 53.8 Å². The lowest BCUT2D eigenvalue weighted by Gasteiger charge is -2.02. The summed E-state index contributed by atoms with van der Waals surface area (Å²) in [6, 6.07) is 10.4. The Morgan fingerprint density at radius 1 is 1.25 bits per heavy atom. The van der Waals surface area contributed by atoms with E-state index in [1.807, 2.05) is 6.92 Å².